The van der Waals surface area contributed by atoms with Crippen molar-refractivity contribution in [3.63, 3.8) is 0 Å². The topological polar surface area (TPSA) is 104 Å². The molecule has 0 aliphatic carbocycles. The fourth-order valence-corrected chi connectivity index (χ4v) is 3.51. The summed E-state index contributed by atoms with van der Waals surface area (Å²) in [6.07, 6.45) is 2.75. The molecule has 3 N–H and O–H groups in total. The first-order chi connectivity index (χ1) is 14.1. The van der Waals surface area contributed by atoms with E-state index in [-0.39, 0.29) is 5.69 Å². The molecule has 0 heterocycles. The maximum Gasteiger partial charge on any atom is 0.269 e. The van der Waals surface area contributed by atoms with Gasteiger partial charge in [-0.1, -0.05) is 17.7 Å². The lowest BCUT2D eigenvalue weighted by atomic mass is 9.88. The number of nitro groups is 1. The van der Waals surface area contributed by atoms with Crippen molar-refractivity contribution < 1.29 is 20.2 Å². The summed E-state index contributed by atoms with van der Waals surface area (Å²) < 4.78 is 0. The Morgan fingerprint density at radius 1 is 1.17 bits per heavy atom. The summed E-state index contributed by atoms with van der Waals surface area (Å²) in [6.45, 7) is 9.41. The van der Waals surface area contributed by atoms with Crippen molar-refractivity contribution >= 4 is 11.8 Å². The van der Waals surface area contributed by atoms with Crippen LogP contribution in [0.2, 0.25) is 0 Å². The highest BCUT2D eigenvalue weighted by atomic mass is 16.6. The van der Waals surface area contributed by atoms with Crippen LogP contribution in [0, 0.1) is 29.9 Å². The van der Waals surface area contributed by atoms with Crippen LogP contribution in [0.3, 0.4) is 0 Å². The second-order valence-electron chi connectivity index (χ2n) is 7.71. The van der Waals surface area contributed by atoms with Crippen molar-refractivity contribution in [2.75, 3.05) is 0 Å². The van der Waals surface area contributed by atoms with Crippen molar-refractivity contribution in [2.24, 2.45) is 5.92 Å². The average Bonchev–Trinajstić information content (AvgIpc) is 2.71. The first-order valence-corrected chi connectivity index (χ1v) is 9.84. The minimum Gasteiger partial charge on any atom is -0.507 e. The van der Waals surface area contributed by atoms with Gasteiger partial charge in [0.25, 0.3) is 5.69 Å². The number of non-ortho nitro benzene ring substituents is 1. The highest BCUT2D eigenvalue weighted by molar-refractivity contribution is 5.57. The Labute approximate surface area is 177 Å². The van der Waals surface area contributed by atoms with E-state index in [4.69, 9.17) is 0 Å². The molecule has 0 saturated heterocycles. The predicted molar refractivity (Wildman–Crippen MR) is 118 cm³/mol. The quantitative estimate of drug-likeness (QED) is 0.306. The summed E-state index contributed by atoms with van der Waals surface area (Å²) >= 11 is 0. The molecule has 3 atom stereocenters. The average molecular weight is 411 g/mol. The summed E-state index contributed by atoms with van der Waals surface area (Å²) in [5.74, 6) is -0.299. The number of rotatable bonds is 9. The minimum atomic E-state index is -1.01. The maximum atomic E-state index is 10.8. The number of phenols is 1. The van der Waals surface area contributed by atoms with Crippen LogP contribution in [0.15, 0.2) is 54.6 Å². The Balaban J connectivity index is 2.04. The van der Waals surface area contributed by atoms with E-state index in [1.54, 1.807) is 0 Å². The van der Waals surface area contributed by atoms with Gasteiger partial charge >= 0.3 is 0 Å². The molecule has 0 fully saturated rings. The Hall–Kier alpha value is -2.96. The number of aromatic hydroxyl groups is 1. The van der Waals surface area contributed by atoms with Crippen molar-refractivity contribution in [3.8, 4) is 5.75 Å². The summed E-state index contributed by atoms with van der Waals surface area (Å²) in [6, 6.07) is 9.47. The van der Waals surface area contributed by atoms with Gasteiger partial charge in [-0.3, -0.25) is 10.1 Å². The molecule has 0 aromatic heterocycles. The number of aliphatic hydroxyl groups is 2. The van der Waals surface area contributed by atoms with Gasteiger partial charge in [0.15, 0.2) is 0 Å². The fourth-order valence-electron chi connectivity index (χ4n) is 3.51. The van der Waals surface area contributed by atoms with Crippen molar-refractivity contribution in [2.45, 2.75) is 45.8 Å². The number of nitrogens with zero attached hydrogens (tertiary/aromatic N) is 1. The van der Waals surface area contributed by atoms with E-state index in [0.717, 1.165) is 22.3 Å². The molecule has 0 aliphatic heterocycles. The molecule has 6 heteroatoms. The molecular weight excluding hydrogens is 382 g/mol. The van der Waals surface area contributed by atoms with Crippen LogP contribution >= 0.6 is 0 Å². The van der Waals surface area contributed by atoms with E-state index in [1.165, 1.54) is 30.3 Å². The zero-order chi connectivity index (χ0) is 22.4. The number of hydrogen-bond acceptors (Lipinski definition) is 5. The van der Waals surface area contributed by atoms with Crippen LogP contribution in [-0.4, -0.2) is 26.3 Å². The number of hydrogen-bond donors (Lipinski definition) is 3. The highest BCUT2D eigenvalue weighted by Crippen LogP contribution is 2.30. The third-order valence-corrected chi connectivity index (χ3v) is 5.29. The smallest absolute Gasteiger partial charge is 0.269 e. The molecule has 0 bridgehead atoms. The van der Waals surface area contributed by atoms with Gasteiger partial charge in [0.05, 0.1) is 17.1 Å². The molecule has 0 aliphatic rings. The summed E-state index contributed by atoms with van der Waals surface area (Å²) in [5.41, 5.74) is 4.11. The number of benzene rings is 2. The summed E-state index contributed by atoms with van der Waals surface area (Å²) in [5, 5.41) is 41.9. The number of phenolic OH excluding ortho intramolecular Hbond substituents is 1. The van der Waals surface area contributed by atoms with Gasteiger partial charge in [-0.15, -0.1) is 6.58 Å². The zero-order valence-corrected chi connectivity index (χ0v) is 17.6. The Kier molecular flexibility index (Phi) is 7.92. The first kappa shape index (κ1) is 23.3. The largest absolute Gasteiger partial charge is 0.507 e. The van der Waals surface area contributed by atoms with Gasteiger partial charge in [0, 0.05) is 18.1 Å². The minimum absolute atomic E-state index is 0.0536. The van der Waals surface area contributed by atoms with Crippen LogP contribution < -0.4 is 0 Å². The van der Waals surface area contributed by atoms with Gasteiger partial charge < -0.3 is 15.3 Å². The Morgan fingerprint density at radius 2 is 1.73 bits per heavy atom. The number of allylic oxidation sites excluding steroid dienone is 1. The van der Waals surface area contributed by atoms with E-state index in [2.05, 4.69) is 6.58 Å². The third kappa shape index (κ3) is 5.78. The lowest BCUT2D eigenvalue weighted by molar-refractivity contribution is -0.384. The lowest BCUT2D eigenvalue weighted by Gasteiger charge is -2.25. The standard InChI is InChI=1S/C24H29NO5/c1-5-21(24(28)19-7-9-20(10-8-19)25(29)30)22(26)11-6-15(2)12-18-13-16(3)23(27)17(4)14-18/h5,7-10,12-14,21-22,24,26-28H,1,6,11H2,2-4H3/b15-12+/t21-,22-,24-/m1/s1. The summed E-state index contributed by atoms with van der Waals surface area (Å²) in [4.78, 5) is 10.3. The SMILES string of the molecule is C=C[C@H]([C@H](O)CC/C(C)=C/c1cc(C)c(O)c(C)c1)[C@H](O)c1ccc([N+](=O)[O-])cc1. The Bertz CT molecular complexity index is 910. The molecule has 2 rings (SSSR count). The molecule has 0 amide bonds. The van der Waals surface area contributed by atoms with Gasteiger partial charge in [0.2, 0.25) is 0 Å². The maximum absolute atomic E-state index is 10.8. The van der Waals surface area contributed by atoms with E-state index >= 15 is 0 Å². The van der Waals surface area contributed by atoms with Gasteiger partial charge in [-0.05, 0) is 80.1 Å². The molecule has 30 heavy (non-hydrogen) atoms. The van der Waals surface area contributed by atoms with Crippen molar-refractivity contribution in [1.82, 2.24) is 0 Å². The second kappa shape index (κ2) is 10.2. The van der Waals surface area contributed by atoms with Crippen LogP contribution in [-0.2, 0) is 0 Å². The van der Waals surface area contributed by atoms with E-state index in [9.17, 15) is 25.4 Å². The molecule has 2 aromatic rings. The molecule has 0 spiro atoms. The van der Waals surface area contributed by atoms with Crippen molar-refractivity contribution in [3.05, 3.63) is 87.0 Å². The monoisotopic (exact) mass is 411 g/mol. The van der Waals surface area contributed by atoms with E-state index in [1.807, 2.05) is 39.0 Å². The van der Waals surface area contributed by atoms with Gasteiger partial charge in [-0.2, -0.15) is 0 Å². The normalized spacial score (nSPS) is 14.8. The molecular formula is C24H29NO5. The van der Waals surface area contributed by atoms with E-state index in [0.29, 0.717) is 24.2 Å². The van der Waals surface area contributed by atoms with Gasteiger partial charge in [-0.25, -0.2) is 0 Å². The zero-order valence-electron chi connectivity index (χ0n) is 17.6. The van der Waals surface area contributed by atoms with Crippen LogP contribution in [0.5, 0.6) is 5.75 Å². The Morgan fingerprint density at radius 3 is 2.23 bits per heavy atom. The van der Waals surface area contributed by atoms with E-state index < -0.39 is 23.0 Å². The lowest BCUT2D eigenvalue weighted by Crippen LogP contribution is -2.25. The second-order valence-corrected chi connectivity index (χ2v) is 7.71. The van der Waals surface area contributed by atoms with Crippen LogP contribution in [0.4, 0.5) is 5.69 Å². The number of nitro benzene ring substituents is 1. The molecule has 0 saturated carbocycles. The molecule has 6 nitrogen and oxygen atoms in total. The van der Waals surface area contributed by atoms with Crippen LogP contribution in [0.25, 0.3) is 6.08 Å². The third-order valence-electron chi connectivity index (χ3n) is 5.29. The van der Waals surface area contributed by atoms with Gasteiger partial charge in [0.1, 0.15) is 5.75 Å². The van der Waals surface area contributed by atoms with Crippen molar-refractivity contribution in [1.29, 1.82) is 0 Å². The molecule has 0 unspecified atom stereocenters. The molecule has 0 radical (unpaired) electrons. The predicted octanol–water partition coefficient (Wildman–Crippen LogP) is 5.00. The fraction of sp³-hybridized carbons (Fsp3) is 0.333. The van der Waals surface area contributed by atoms with Crippen LogP contribution in [0.1, 0.15) is 48.1 Å². The molecule has 160 valence electrons. The first-order valence-electron chi connectivity index (χ1n) is 9.84. The summed E-state index contributed by atoms with van der Waals surface area (Å²) in [7, 11) is 0. The molecule has 2 aromatic carbocycles. The highest BCUT2D eigenvalue weighted by Gasteiger charge is 2.25. The number of aryl methyl sites for hydroxylation is 2. The number of aliphatic hydroxyl groups excluding tert-OH is 2.